The van der Waals surface area contributed by atoms with E-state index in [0.29, 0.717) is 11.7 Å². The van der Waals surface area contributed by atoms with Crippen LogP contribution in [0.4, 0.5) is 0 Å². The first-order valence-electron chi connectivity index (χ1n) is 8.57. The van der Waals surface area contributed by atoms with Crippen LogP contribution in [0.3, 0.4) is 0 Å². The van der Waals surface area contributed by atoms with Gasteiger partial charge in [0.2, 0.25) is 5.91 Å². The molecule has 1 atom stereocenters. The number of aryl methyl sites for hydroxylation is 2. The number of aromatic nitrogens is 3. The Hall–Kier alpha value is -2.02. The number of nitrogens with zero attached hydrogens (tertiary/aromatic N) is 2. The molecule has 0 spiro atoms. The van der Waals surface area contributed by atoms with Crippen molar-refractivity contribution in [3.63, 3.8) is 0 Å². The number of carbonyl (C=O) groups is 1. The number of aromatic amines is 1. The first kappa shape index (κ1) is 19.3. The van der Waals surface area contributed by atoms with E-state index in [1.54, 1.807) is 4.57 Å². The third-order valence-corrected chi connectivity index (χ3v) is 5.18. The number of thioether (sulfide) groups is 1. The van der Waals surface area contributed by atoms with Crippen molar-refractivity contribution < 1.29 is 4.79 Å². The van der Waals surface area contributed by atoms with Crippen LogP contribution in [0.2, 0.25) is 0 Å². The van der Waals surface area contributed by atoms with Gasteiger partial charge in [-0.15, -0.1) is 5.10 Å². The molecular weight excluding hydrogens is 336 g/mol. The van der Waals surface area contributed by atoms with E-state index >= 15 is 0 Å². The summed E-state index contributed by atoms with van der Waals surface area (Å²) in [6, 6.07) is 6.15. The number of hydrogen-bond acceptors (Lipinski definition) is 4. The van der Waals surface area contributed by atoms with Crippen molar-refractivity contribution >= 4 is 17.7 Å². The average molecular weight is 362 g/mol. The Kier molecular flexibility index (Phi) is 6.87. The van der Waals surface area contributed by atoms with Gasteiger partial charge < -0.3 is 5.32 Å². The number of amides is 1. The third kappa shape index (κ3) is 5.22. The Morgan fingerprint density at radius 1 is 1.36 bits per heavy atom. The molecule has 2 N–H and O–H groups in total. The quantitative estimate of drug-likeness (QED) is 0.708. The van der Waals surface area contributed by atoms with Gasteiger partial charge in [-0.3, -0.25) is 9.36 Å². The Bertz CT molecular complexity index is 782. The van der Waals surface area contributed by atoms with Crippen LogP contribution < -0.4 is 11.0 Å². The summed E-state index contributed by atoms with van der Waals surface area (Å²) in [4.78, 5) is 24.0. The van der Waals surface area contributed by atoms with Gasteiger partial charge in [-0.2, -0.15) is 0 Å². The van der Waals surface area contributed by atoms with Gasteiger partial charge in [0.15, 0.2) is 5.16 Å². The van der Waals surface area contributed by atoms with Gasteiger partial charge in [0, 0.05) is 6.54 Å². The highest BCUT2D eigenvalue weighted by Gasteiger charge is 2.14. The molecule has 0 bridgehead atoms. The molecule has 0 aliphatic carbocycles. The van der Waals surface area contributed by atoms with Crippen molar-refractivity contribution in [2.24, 2.45) is 0 Å². The molecular formula is C18H26N4O2S. The fraction of sp³-hybridized carbons (Fsp3) is 0.500. The lowest BCUT2D eigenvalue weighted by molar-refractivity contribution is -0.119. The maximum Gasteiger partial charge on any atom is 0.343 e. The fourth-order valence-electron chi connectivity index (χ4n) is 2.46. The molecule has 0 saturated carbocycles. The first-order valence-corrected chi connectivity index (χ1v) is 9.55. The number of hydrogen-bond donors (Lipinski definition) is 2. The van der Waals surface area contributed by atoms with Crippen molar-refractivity contribution in [3.05, 3.63) is 45.4 Å². The zero-order valence-corrected chi connectivity index (χ0v) is 16.1. The minimum atomic E-state index is -0.222. The maximum absolute atomic E-state index is 12.2. The van der Waals surface area contributed by atoms with Crippen molar-refractivity contribution in [1.82, 2.24) is 20.1 Å². The maximum atomic E-state index is 12.2. The van der Waals surface area contributed by atoms with Gasteiger partial charge in [-0.1, -0.05) is 43.3 Å². The number of unbranched alkanes of at least 4 members (excludes halogenated alkanes) is 1. The molecule has 1 aromatic carbocycles. The summed E-state index contributed by atoms with van der Waals surface area (Å²) in [5, 5.41) is 10.0. The number of carbonyl (C=O) groups excluding carboxylic acids is 1. The summed E-state index contributed by atoms with van der Waals surface area (Å²) >= 11 is 1.28. The molecule has 7 heteroatoms. The van der Waals surface area contributed by atoms with E-state index in [-0.39, 0.29) is 23.4 Å². The van der Waals surface area contributed by atoms with Gasteiger partial charge in [0.25, 0.3) is 0 Å². The standard InChI is InChI=1S/C18H26N4O2S/c1-5-6-9-22-17(24)20-21-18(22)25-11-16(23)19-14(4)15-8-7-12(2)13(3)10-15/h7-8,10,14H,5-6,9,11H2,1-4H3,(H,19,23)(H,20,24)/t14-/m0/s1. The molecule has 2 rings (SSSR count). The highest BCUT2D eigenvalue weighted by Crippen LogP contribution is 2.18. The molecule has 1 amide bonds. The number of nitrogens with one attached hydrogen (secondary N) is 2. The molecule has 1 aromatic heterocycles. The summed E-state index contributed by atoms with van der Waals surface area (Å²) in [5.41, 5.74) is 3.31. The highest BCUT2D eigenvalue weighted by atomic mass is 32.2. The lowest BCUT2D eigenvalue weighted by Gasteiger charge is -2.15. The van der Waals surface area contributed by atoms with Gasteiger partial charge in [-0.25, -0.2) is 9.89 Å². The van der Waals surface area contributed by atoms with E-state index in [9.17, 15) is 9.59 Å². The van der Waals surface area contributed by atoms with Crippen molar-refractivity contribution in [2.75, 3.05) is 5.75 Å². The molecule has 0 aliphatic heterocycles. The predicted molar refractivity (Wildman–Crippen MR) is 101 cm³/mol. The van der Waals surface area contributed by atoms with Crippen molar-refractivity contribution in [3.8, 4) is 0 Å². The Balaban J connectivity index is 1.92. The second-order valence-electron chi connectivity index (χ2n) is 6.24. The second-order valence-corrected chi connectivity index (χ2v) is 7.18. The minimum Gasteiger partial charge on any atom is -0.349 e. The number of rotatable bonds is 8. The van der Waals surface area contributed by atoms with Crippen LogP contribution in [0, 0.1) is 13.8 Å². The highest BCUT2D eigenvalue weighted by molar-refractivity contribution is 7.99. The molecule has 25 heavy (non-hydrogen) atoms. The van der Waals surface area contributed by atoms with Crippen LogP contribution in [0.25, 0.3) is 0 Å². The molecule has 0 unspecified atom stereocenters. The lowest BCUT2D eigenvalue weighted by Crippen LogP contribution is -2.28. The second kappa shape index (κ2) is 8.89. The Morgan fingerprint density at radius 3 is 2.80 bits per heavy atom. The molecule has 1 heterocycles. The summed E-state index contributed by atoms with van der Waals surface area (Å²) in [6.45, 7) is 8.80. The fourth-order valence-corrected chi connectivity index (χ4v) is 3.24. The van der Waals surface area contributed by atoms with Gasteiger partial charge in [0.05, 0.1) is 11.8 Å². The molecule has 136 valence electrons. The normalized spacial score (nSPS) is 12.2. The smallest absolute Gasteiger partial charge is 0.343 e. The predicted octanol–water partition coefficient (Wildman–Crippen LogP) is 2.96. The lowest BCUT2D eigenvalue weighted by atomic mass is 10.0. The van der Waals surface area contributed by atoms with Crippen LogP contribution in [0.15, 0.2) is 28.2 Å². The van der Waals surface area contributed by atoms with Crippen molar-refractivity contribution in [1.29, 1.82) is 0 Å². The van der Waals surface area contributed by atoms with E-state index in [1.165, 1.54) is 22.9 Å². The molecule has 0 radical (unpaired) electrons. The summed E-state index contributed by atoms with van der Waals surface area (Å²) < 4.78 is 1.59. The topological polar surface area (TPSA) is 79.8 Å². The van der Waals surface area contributed by atoms with Crippen LogP contribution in [-0.2, 0) is 11.3 Å². The SMILES string of the molecule is CCCCn1c(SCC(=O)N[C@@H](C)c2ccc(C)c(C)c2)n[nH]c1=O. The minimum absolute atomic E-state index is 0.0612. The van der Waals surface area contributed by atoms with Crippen LogP contribution >= 0.6 is 11.8 Å². The van der Waals surface area contributed by atoms with E-state index in [1.807, 2.05) is 13.0 Å². The largest absolute Gasteiger partial charge is 0.349 e. The molecule has 2 aromatic rings. The van der Waals surface area contributed by atoms with E-state index < -0.39 is 0 Å². The average Bonchev–Trinajstić information content (AvgIpc) is 2.93. The molecule has 6 nitrogen and oxygen atoms in total. The van der Waals surface area contributed by atoms with Gasteiger partial charge in [-0.05, 0) is 43.9 Å². The van der Waals surface area contributed by atoms with E-state index in [2.05, 4.69) is 48.4 Å². The van der Waals surface area contributed by atoms with Gasteiger partial charge >= 0.3 is 5.69 Å². The summed E-state index contributed by atoms with van der Waals surface area (Å²) in [5.74, 6) is 0.152. The monoisotopic (exact) mass is 362 g/mol. The van der Waals surface area contributed by atoms with Crippen LogP contribution in [-0.4, -0.2) is 26.4 Å². The summed E-state index contributed by atoms with van der Waals surface area (Å²) in [6.07, 6.45) is 1.90. The zero-order chi connectivity index (χ0) is 18.4. The molecule has 0 saturated heterocycles. The van der Waals surface area contributed by atoms with Crippen LogP contribution in [0.1, 0.15) is 49.4 Å². The molecule has 0 fully saturated rings. The number of H-pyrrole nitrogens is 1. The van der Waals surface area contributed by atoms with Crippen molar-refractivity contribution in [2.45, 2.75) is 58.3 Å². The first-order chi connectivity index (χ1) is 11.9. The van der Waals surface area contributed by atoms with E-state index in [0.717, 1.165) is 18.4 Å². The van der Waals surface area contributed by atoms with E-state index in [4.69, 9.17) is 0 Å². The molecule has 0 aliphatic rings. The zero-order valence-electron chi connectivity index (χ0n) is 15.3. The van der Waals surface area contributed by atoms with Gasteiger partial charge in [0.1, 0.15) is 0 Å². The Morgan fingerprint density at radius 2 is 2.12 bits per heavy atom. The summed E-state index contributed by atoms with van der Waals surface area (Å²) in [7, 11) is 0. The third-order valence-electron chi connectivity index (χ3n) is 4.20. The Labute approximate surface area is 152 Å². The van der Waals surface area contributed by atoms with Crippen LogP contribution in [0.5, 0.6) is 0 Å². The number of benzene rings is 1.